The van der Waals surface area contributed by atoms with Gasteiger partial charge >= 0.3 is 12.2 Å². The van der Waals surface area contributed by atoms with E-state index in [0.717, 1.165) is 0 Å². The van der Waals surface area contributed by atoms with Gasteiger partial charge in [-0.15, -0.1) is 0 Å². The van der Waals surface area contributed by atoms with Crippen LogP contribution >= 0.6 is 0 Å². The Kier molecular flexibility index (Phi) is 10.6. The summed E-state index contributed by atoms with van der Waals surface area (Å²) in [6.45, 7) is 10.1. The lowest BCUT2D eigenvalue weighted by molar-refractivity contribution is -0.126. The molecular formula is C21H36N4O8. The molecule has 4 amide bonds. The van der Waals surface area contributed by atoms with E-state index in [4.69, 9.17) is 15.2 Å². The van der Waals surface area contributed by atoms with Crippen LogP contribution in [0.5, 0.6) is 0 Å². The van der Waals surface area contributed by atoms with Crippen LogP contribution in [0.3, 0.4) is 0 Å². The third-order valence-corrected chi connectivity index (χ3v) is 4.58. The molecule has 188 valence electrons. The number of nitrogens with one attached hydrogen (secondary N) is 2. The fraction of sp³-hybridized carbons (Fsp3) is 0.714. The molecule has 1 aliphatic rings. The summed E-state index contributed by atoms with van der Waals surface area (Å²) in [5, 5.41) is 24.1. The van der Waals surface area contributed by atoms with Crippen LogP contribution in [0.15, 0.2) is 11.6 Å². The number of rotatable bonds is 8. The first-order chi connectivity index (χ1) is 15.2. The Morgan fingerprint density at radius 1 is 1.09 bits per heavy atom. The van der Waals surface area contributed by atoms with E-state index >= 15 is 0 Å². The van der Waals surface area contributed by atoms with Gasteiger partial charge in [-0.25, -0.2) is 20.0 Å². The molecule has 1 rings (SSSR count). The summed E-state index contributed by atoms with van der Waals surface area (Å²) in [7, 11) is 0. The highest BCUT2D eigenvalue weighted by atomic mass is 16.6. The molecule has 0 aromatic heterocycles. The number of hydrazine groups is 1. The van der Waals surface area contributed by atoms with Crippen LogP contribution in [-0.2, 0) is 19.1 Å². The van der Waals surface area contributed by atoms with E-state index in [1.165, 1.54) is 6.08 Å². The molecule has 0 aromatic rings. The van der Waals surface area contributed by atoms with E-state index in [2.05, 4.69) is 10.7 Å². The van der Waals surface area contributed by atoms with Crippen molar-refractivity contribution in [3.8, 4) is 0 Å². The second-order valence-corrected chi connectivity index (χ2v) is 8.87. The second-order valence-electron chi connectivity index (χ2n) is 8.87. The average Bonchev–Trinajstić information content (AvgIpc) is 2.66. The summed E-state index contributed by atoms with van der Waals surface area (Å²) in [6.07, 6.45) is -4.82. The number of nitrogens with two attached hydrogens (primary N) is 1. The van der Waals surface area contributed by atoms with Crippen molar-refractivity contribution < 1.29 is 38.9 Å². The van der Waals surface area contributed by atoms with Crippen molar-refractivity contribution in [1.82, 2.24) is 15.8 Å². The average molecular weight is 473 g/mol. The molecule has 0 fully saturated rings. The van der Waals surface area contributed by atoms with E-state index in [9.17, 15) is 29.4 Å². The summed E-state index contributed by atoms with van der Waals surface area (Å²) in [6, 6.07) is -2.31. The molecule has 0 aromatic carbocycles. The topological polar surface area (TPSA) is 181 Å². The molecule has 12 nitrogen and oxygen atoms in total. The van der Waals surface area contributed by atoms with Crippen molar-refractivity contribution in [2.24, 2.45) is 11.7 Å². The van der Waals surface area contributed by atoms with Gasteiger partial charge in [0.15, 0.2) is 0 Å². The van der Waals surface area contributed by atoms with Gasteiger partial charge < -0.3 is 30.7 Å². The van der Waals surface area contributed by atoms with Crippen molar-refractivity contribution in [2.45, 2.75) is 90.9 Å². The number of hydrogen-bond donors (Lipinski definition) is 5. The van der Waals surface area contributed by atoms with Gasteiger partial charge in [0.05, 0.1) is 18.3 Å². The fourth-order valence-corrected chi connectivity index (χ4v) is 3.15. The van der Waals surface area contributed by atoms with Crippen molar-refractivity contribution in [1.29, 1.82) is 0 Å². The Balaban J connectivity index is 3.24. The van der Waals surface area contributed by atoms with Crippen molar-refractivity contribution in [3.05, 3.63) is 11.6 Å². The molecule has 0 heterocycles. The number of primary amides is 1. The monoisotopic (exact) mass is 472 g/mol. The van der Waals surface area contributed by atoms with Crippen LogP contribution < -0.4 is 16.5 Å². The predicted octanol–water partition coefficient (Wildman–Crippen LogP) is 0.320. The fourth-order valence-electron chi connectivity index (χ4n) is 3.15. The lowest BCUT2D eigenvalue weighted by Crippen LogP contribution is -2.60. The zero-order valence-electron chi connectivity index (χ0n) is 19.9. The minimum atomic E-state index is -1.55. The van der Waals surface area contributed by atoms with Crippen LogP contribution in [0, 0.1) is 5.92 Å². The summed E-state index contributed by atoms with van der Waals surface area (Å²) in [4.78, 5) is 49.3. The molecule has 0 spiro atoms. The normalized spacial score (nSPS) is 21.3. The number of aliphatic hydroxyl groups excluding tert-OH is 2. The van der Waals surface area contributed by atoms with Gasteiger partial charge in [0.25, 0.3) is 0 Å². The number of nitrogens with zero attached hydrogens (tertiary/aromatic N) is 1. The third kappa shape index (κ3) is 8.89. The first kappa shape index (κ1) is 28.2. The van der Waals surface area contributed by atoms with Crippen LogP contribution in [-0.4, -0.2) is 75.7 Å². The van der Waals surface area contributed by atoms with Crippen molar-refractivity contribution in [2.75, 3.05) is 0 Å². The van der Waals surface area contributed by atoms with E-state index in [1.54, 1.807) is 27.7 Å². The van der Waals surface area contributed by atoms with E-state index in [-0.39, 0.29) is 17.9 Å². The lowest BCUT2D eigenvalue weighted by atomic mass is 9.89. The van der Waals surface area contributed by atoms with Gasteiger partial charge in [0.1, 0.15) is 18.2 Å². The first-order valence-corrected chi connectivity index (χ1v) is 10.9. The Hall–Kier alpha value is -2.86. The number of ether oxygens (including phenoxy) is 2. The molecule has 4 atom stereocenters. The predicted molar refractivity (Wildman–Crippen MR) is 117 cm³/mol. The summed E-state index contributed by atoms with van der Waals surface area (Å²) in [5.74, 6) is -1.34. The Morgan fingerprint density at radius 3 is 2.15 bits per heavy atom. The van der Waals surface area contributed by atoms with Crippen molar-refractivity contribution in [3.63, 3.8) is 0 Å². The highest BCUT2D eigenvalue weighted by molar-refractivity contribution is 5.97. The SMILES string of the molecule is CC(C)C[C@@H](NC(=O)C1=C[C@@H](N(NC(=O)OC(C)C)C(=O)OC(C)C)[C@H](O)[C@H](O)C1)C(N)=O. The molecule has 0 saturated carbocycles. The molecule has 0 radical (unpaired) electrons. The standard InChI is InChI=1S/C21H36N4O8/c1-10(2)7-14(18(22)28)23-19(29)13-8-15(17(27)16(26)9-13)25(21(31)33-12(5)6)24-20(30)32-11(3)4/h8,10-12,14-17,26-27H,7,9H2,1-6H3,(H2,22,28)(H,23,29)(H,24,30)/t14-,15-,16-,17+/m1/s1. The quantitative estimate of drug-likeness (QED) is 0.313. The summed E-state index contributed by atoms with van der Waals surface area (Å²) < 4.78 is 10.1. The molecule has 1 aliphatic carbocycles. The van der Waals surface area contributed by atoms with Crippen LogP contribution in [0.1, 0.15) is 54.4 Å². The Morgan fingerprint density at radius 2 is 1.67 bits per heavy atom. The number of aliphatic hydroxyl groups is 2. The molecule has 12 heteroatoms. The van der Waals surface area contributed by atoms with Gasteiger partial charge in [-0.3, -0.25) is 9.59 Å². The van der Waals surface area contributed by atoms with Gasteiger partial charge in [0.2, 0.25) is 11.8 Å². The number of hydrogen-bond acceptors (Lipinski definition) is 8. The number of carbonyl (C=O) groups is 4. The minimum Gasteiger partial charge on any atom is -0.446 e. The molecule has 6 N–H and O–H groups in total. The third-order valence-electron chi connectivity index (χ3n) is 4.58. The number of carbonyl (C=O) groups excluding carboxylic acids is 4. The van der Waals surface area contributed by atoms with Gasteiger partial charge in [-0.05, 0) is 46.1 Å². The smallest absolute Gasteiger partial charge is 0.429 e. The first-order valence-electron chi connectivity index (χ1n) is 10.9. The molecular weight excluding hydrogens is 436 g/mol. The van der Waals surface area contributed by atoms with E-state index in [1.807, 2.05) is 13.8 Å². The van der Waals surface area contributed by atoms with E-state index in [0.29, 0.717) is 11.4 Å². The Bertz CT molecular complexity index is 753. The lowest BCUT2D eigenvalue weighted by Gasteiger charge is -2.37. The second kappa shape index (κ2) is 12.4. The molecule has 33 heavy (non-hydrogen) atoms. The maximum absolute atomic E-state index is 12.8. The molecule has 0 bridgehead atoms. The molecule has 0 unspecified atom stereocenters. The molecule has 0 saturated heterocycles. The van der Waals surface area contributed by atoms with Crippen LogP contribution in [0.4, 0.5) is 9.59 Å². The molecule has 0 aliphatic heterocycles. The highest BCUT2D eigenvalue weighted by Crippen LogP contribution is 2.24. The summed E-state index contributed by atoms with van der Waals surface area (Å²) >= 11 is 0. The van der Waals surface area contributed by atoms with Gasteiger partial charge in [-0.2, -0.15) is 0 Å². The largest absolute Gasteiger partial charge is 0.446 e. The zero-order chi connectivity index (χ0) is 25.5. The van der Waals surface area contributed by atoms with Gasteiger partial charge in [0, 0.05) is 12.0 Å². The summed E-state index contributed by atoms with van der Waals surface area (Å²) in [5.41, 5.74) is 7.56. The highest BCUT2D eigenvalue weighted by Gasteiger charge is 2.40. The van der Waals surface area contributed by atoms with Crippen molar-refractivity contribution >= 4 is 24.0 Å². The van der Waals surface area contributed by atoms with Gasteiger partial charge in [-0.1, -0.05) is 13.8 Å². The van der Waals surface area contributed by atoms with Crippen LogP contribution in [0.25, 0.3) is 0 Å². The maximum Gasteiger partial charge on any atom is 0.429 e. The van der Waals surface area contributed by atoms with E-state index < -0.39 is 60.5 Å². The van der Waals surface area contributed by atoms with Crippen LogP contribution in [0.2, 0.25) is 0 Å². The maximum atomic E-state index is 12.8. The Labute approximate surface area is 193 Å². The minimum absolute atomic E-state index is 0.00539. The zero-order valence-corrected chi connectivity index (χ0v) is 19.9. The number of amides is 4.